The molecule has 0 bridgehead atoms. The smallest absolute Gasteiger partial charge is 0.139 e. The summed E-state index contributed by atoms with van der Waals surface area (Å²) in [5, 5.41) is 14.1. The fourth-order valence-corrected chi connectivity index (χ4v) is 1.35. The number of benzene rings is 1. The van der Waals surface area contributed by atoms with Crippen LogP contribution in [0.5, 0.6) is 0 Å². The van der Waals surface area contributed by atoms with Gasteiger partial charge in [-0.25, -0.2) is 8.78 Å². The van der Waals surface area contributed by atoms with Gasteiger partial charge >= 0.3 is 0 Å². The molecule has 1 rings (SSSR count). The first kappa shape index (κ1) is 13.4. The van der Waals surface area contributed by atoms with Gasteiger partial charge in [-0.2, -0.15) is 0 Å². The van der Waals surface area contributed by atoms with Crippen LogP contribution in [0, 0.1) is 11.6 Å². The number of nitrogens with zero attached hydrogens (tertiary/aromatic N) is 1. The van der Waals surface area contributed by atoms with Gasteiger partial charge in [0.05, 0.1) is 0 Å². The predicted octanol–water partition coefficient (Wildman–Crippen LogP) is 1.58. The number of rotatable bonds is 6. The lowest BCUT2D eigenvalue weighted by Gasteiger charge is -2.05. The first-order valence-corrected chi connectivity index (χ1v) is 5.24. The Bertz CT molecular complexity index is 396. The predicted molar refractivity (Wildman–Crippen MR) is 60.7 cm³/mol. The van der Waals surface area contributed by atoms with Gasteiger partial charge in [-0.3, -0.25) is 0 Å². The molecule has 0 unspecified atom stereocenters. The van der Waals surface area contributed by atoms with Crippen LogP contribution in [0.1, 0.15) is 18.4 Å². The third kappa shape index (κ3) is 4.78. The van der Waals surface area contributed by atoms with E-state index in [1.54, 1.807) is 0 Å². The Morgan fingerprint density at radius 2 is 2.18 bits per heavy atom. The Balaban J connectivity index is 2.29. The van der Waals surface area contributed by atoms with Crippen LogP contribution < -0.4 is 11.1 Å². The third-order valence-corrected chi connectivity index (χ3v) is 2.24. The van der Waals surface area contributed by atoms with E-state index in [0.29, 0.717) is 19.4 Å². The van der Waals surface area contributed by atoms with Gasteiger partial charge in [-0.05, 0) is 31.2 Å². The fraction of sp³-hybridized carbons (Fsp3) is 0.364. The molecule has 0 saturated heterocycles. The zero-order valence-corrected chi connectivity index (χ0v) is 9.29. The van der Waals surface area contributed by atoms with Crippen molar-refractivity contribution in [1.82, 2.24) is 5.32 Å². The van der Waals surface area contributed by atoms with Gasteiger partial charge in [0.15, 0.2) is 0 Å². The minimum Gasteiger partial charge on any atom is -0.409 e. The second-order valence-corrected chi connectivity index (χ2v) is 3.61. The maximum Gasteiger partial charge on any atom is 0.139 e. The average Bonchev–Trinajstić information content (AvgIpc) is 2.32. The summed E-state index contributed by atoms with van der Waals surface area (Å²) in [6, 6.07) is 3.34. The van der Waals surface area contributed by atoms with E-state index in [-0.39, 0.29) is 17.9 Å². The van der Waals surface area contributed by atoms with Gasteiger partial charge in [-0.15, -0.1) is 0 Å². The molecule has 0 fully saturated rings. The molecule has 0 heterocycles. The van der Waals surface area contributed by atoms with E-state index >= 15 is 0 Å². The van der Waals surface area contributed by atoms with Crippen molar-refractivity contribution in [1.29, 1.82) is 0 Å². The monoisotopic (exact) mass is 243 g/mol. The largest absolute Gasteiger partial charge is 0.409 e. The minimum atomic E-state index is -0.458. The van der Waals surface area contributed by atoms with Gasteiger partial charge in [0, 0.05) is 18.5 Å². The zero-order valence-electron chi connectivity index (χ0n) is 9.29. The molecular weight excluding hydrogens is 228 g/mol. The zero-order chi connectivity index (χ0) is 12.7. The number of nitrogens with two attached hydrogens (primary N) is 1. The normalized spacial score (nSPS) is 11.8. The van der Waals surface area contributed by atoms with Crippen molar-refractivity contribution in [2.45, 2.75) is 19.4 Å². The lowest BCUT2D eigenvalue weighted by atomic mass is 10.2. The molecule has 0 radical (unpaired) electrons. The van der Waals surface area contributed by atoms with E-state index in [4.69, 9.17) is 10.9 Å². The second kappa shape index (κ2) is 6.80. The molecule has 1 aromatic carbocycles. The van der Waals surface area contributed by atoms with E-state index in [1.807, 2.05) is 0 Å². The Kier molecular flexibility index (Phi) is 5.35. The van der Waals surface area contributed by atoms with Crippen LogP contribution in [-0.2, 0) is 6.54 Å². The highest BCUT2D eigenvalue weighted by atomic mass is 19.1. The maximum absolute atomic E-state index is 13.2. The highest BCUT2D eigenvalue weighted by Gasteiger charge is 2.03. The summed E-state index contributed by atoms with van der Waals surface area (Å²) in [6.07, 6.45) is 1.11. The Hall–Kier alpha value is -1.69. The average molecular weight is 243 g/mol. The molecule has 0 amide bonds. The Morgan fingerprint density at radius 3 is 2.88 bits per heavy atom. The Morgan fingerprint density at radius 1 is 1.41 bits per heavy atom. The van der Waals surface area contributed by atoms with Crippen LogP contribution in [0.2, 0.25) is 0 Å². The molecule has 4 nitrogen and oxygen atoms in total. The minimum absolute atomic E-state index is 0.156. The van der Waals surface area contributed by atoms with Crippen LogP contribution in [0.3, 0.4) is 0 Å². The van der Waals surface area contributed by atoms with Gasteiger partial charge < -0.3 is 16.3 Å². The van der Waals surface area contributed by atoms with Crippen molar-refractivity contribution in [3.63, 3.8) is 0 Å². The fourth-order valence-electron chi connectivity index (χ4n) is 1.35. The highest BCUT2D eigenvalue weighted by molar-refractivity contribution is 5.79. The first-order valence-electron chi connectivity index (χ1n) is 5.24. The van der Waals surface area contributed by atoms with Crippen molar-refractivity contribution < 1.29 is 14.0 Å². The topological polar surface area (TPSA) is 70.6 Å². The lowest BCUT2D eigenvalue weighted by Crippen LogP contribution is -2.19. The maximum atomic E-state index is 13.2. The van der Waals surface area contributed by atoms with Crippen molar-refractivity contribution in [2.24, 2.45) is 10.9 Å². The standard InChI is InChI=1S/C11H15F2N3O/c12-9-3-4-10(13)8(6-9)7-15-5-1-2-11(14)16-17/h3-4,6,15,17H,1-2,5,7H2,(H2,14,16). The molecule has 0 aromatic heterocycles. The number of hydrogen-bond acceptors (Lipinski definition) is 3. The van der Waals surface area contributed by atoms with Crippen molar-refractivity contribution in [3.05, 3.63) is 35.4 Å². The number of amidine groups is 1. The highest BCUT2D eigenvalue weighted by Crippen LogP contribution is 2.09. The molecule has 94 valence electrons. The Labute approximate surface area is 98.1 Å². The molecule has 17 heavy (non-hydrogen) atoms. The van der Waals surface area contributed by atoms with E-state index in [9.17, 15) is 8.78 Å². The molecule has 1 aromatic rings. The van der Waals surface area contributed by atoms with E-state index in [0.717, 1.165) is 18.2 Å². The summed E-state index contributed by atoms with van der Waals surface area (Å²) in [5.74, 6) is -0.737. The summed E-state index contributed by atoms with van der Waals surface area (Å²) in [7, 11) is 0. The molecular formula is C11H15F2N3O. The van der Waals surface area contributed by atoms with Crippen molar-refractivity contribution >= 4 is 5.84 Å². The van der Waals surface area contributed by atoms with Crippen LogP contribution in [-0.4, -0.2) is 17.6 Å². The van der Waals surface area contributed by atoms with Crippen molar-refractivity contribution in [2.75, 3.05) is 6.54 Å². The number of hydrogen-bond donors (Lipinski definition) is 3. The first-order chi connectivity index (χ1) is 8.13. The quantitative estimate of drug-likeness (QED) is 0.233. The molecule has 0 atom stereocenters. The number of nitrogens with one attached hydrogen (secondary N) is 1. The van der Waals surface area contributed by atoms with Crippen LogP contribution in [0.25, 0.3) is 0 Å². The van der Waals surface area contributed by atoms with Gasteiger partial charge in [0.25, 0.3) is 0 Å². The number of oxime groups is 1. The van der Waals surface area contributed by atoms with Gasteiger partial charge in [-0.1, -0.05) is 5.16 Å². The molecule has 0 aliphatic carbocycles. The van der Waals surface area contributed by atoms with E-state index < -0.39 is 11.6 Å². The van der Waals surface area contributed by atoms with E-state index in [2.05, 4.69) is 10.5 Å². The van der Waals surface area contributed by atoms with E-state index in [1.165, 1.54) is 0 Å². The molecule has 0 aliphatic heterocycles. The molecule has 4 N–H and O–H groups in total. The molecule has 6 heteroatoms. The SMILES string of the molecule is NC(CCCNCc1cc(F)ccc1F)=NO. The summed E-state index contributed by atoms with van der Waals surface area (Å²) >= 11 is 0. The van der Waals surface area contributed by atoms with Crippen LogP contribution in [0.15, 0.2) is 23.4 Å². The molecule has 0 aliphatic rings. The third-order valence-electron chi connectivity index (χ3n) is 2.24. The number of halogens is 2. The summed E-state index contributed by atoms with van der Waals surface area (Å²) < 4.78 is 26.0. The summed E-state index contributed by atoms with van der Waals surface area (Å²) in [4.78, 5) is 0. The van der Waals surface area contributed by atoms with Crippen LogP contribution in [0.4, 0.5) is 8.78 Å². The van der Waals surface area contributed by atoms with Crippen molar-refractivity contribution in [3.8, 4) is 0 Å². The van der Waals surface area contributed by atoms with Gasteiger partial charge in [0.1, 0.15) is 17.5 Å². The second-order valence-electron chi connectivity index (χ2n) is 3.61. The van der Waals surface area contributed by atoms with Crippen LogP contribution >= 0.6 is 0 Å². The molecule has 0 saturated carbocycles. The summed E-state index contributed by atoms with van der Waals surface area (Å²) in [5.41, 5.74) is 5.56. The van der Waals surface area contributed by atoms with Gasteiger partial charge in [0.2, 0.25) is 0 Å². The summed E-state index contributed by atoms with van der Waals surface area (Å²) in [6.45, 7) is 0.825. The molecule has 0 spiro atoms. The lowest BCUT2D eigenvalue weighted by molar-refractivity contribution is 0.316.